The Morgan fingerprint density at radius 2 is 2.38 bits per heavy atom. The van der Waals surface area contributed by atoms with Crippen LogP contribution in [0.5, 0.6) is 0 Å². The fourth-order valence-corrected chi connectivity index (χ4v) is 2.13. The van der Waals surface area contributed by atoms with Crippen molar-refractivity contribution in [3.05, 3.63) is 18.7 Å². The lowest BCUT2D eigenvalue weighted by Crippen LogP contribution is -2.29. The van der Waals surface area contributed by atoms with Crippen LogP contribution in [0, 0.1) is 0 Å². The number of hydrogen-bond acceptors (Lipinski definition) is 3. The van der Waals surface area contributed by atoms with E-state index in [0.717, 1.165) is 0 Å². The molecule has 1 aliphatic rings. The van der Waals surface area contributed by atoms with Crippen molar-refractivity contribution < 1.29 is 9.90 Å². The summed E-state index contributed by atoms with van der Waals surface area (Å²) in [4.78, 5) is 17.2. The molecule has 1 aliphatic heterocycles. The lowest BCUT2D eigenvalue weighted by Gasteiger charge is -2.15. The summed E-state index contributed by atoms with van der Waals surface area (Å²) in [5.41, 5.74) is 0. The van der Waals surface area contributed by atoms with Crippen LogP contribution < -0.4 is 0 Å². The molecule has 2 rings (SSSR count). The first kappa shape index (κ1) is 11.4. The molecule has 0 saturated carbocycles. The van der Waals surface area contributed by atoms with Crippen LogP contribution >= 0.6 is 11.6 Å². The average molecular weight is 244 g/mol. The molecule has 0 aromatic carbocycles. The number of imidazole rings is 1. The molecule has 1 saturated heterocycles. The quantitative estimate of drug-likeness (QED) is 0.775. The van der Waals surface area contributed by atoms with Crippen molar-refractivity contribution in [3.63, 3.8) is 0 Å². The van der Waals surface area contributed by atoms with Crippen LogP contribution in [0.2, 0.25) is 0 Å². The third-order valence-corrected chi connectivity index (χ3v) is 3.02. The molecule has 16 heavy (non-hydrogen) atoms. The van der Waals surface area contributed by atoms with Gasteiger partial charge in [-0.25, -0.2) is 4.98 Å². The number of hydrogen-bond donors (Lipinski definition) is 1. The molecule has 1 N–H and O–H groups in total. The lowest BCUT2D eigenvalue weighted by atomic mass is 10.2. The number of rotatable bonds is 3. The minimum absolute atomic E-state index is 0.00309. The highest BCUT2D eigenvalue weighted by atomic mass is 35.5. The first-order chi connectivity index (χ1) is 7.72. The summed E-state index contributed by atoms with van der Waals surface area (Å²) in [6, 6.07) is -0.0956. The Morgan fingerprint density at radius 1 is 1.56 bits per heavy atom. The van der Waals surface area contributed by atoms with Gasteiger partial charge < -0.3 is 14.6 Å². The highest BCUT2D eigenvalue weighted by Gasteiger charge is 2.34. The Kier molecular flexibility index (Phi) is 3.46. The van der Waals surface area contributed by atoms with Gasteiger partial charge >= 0.3 is 0 Å². The van der Waals surface area contributed by atoms with Gasteiger partial charge in [-0.05, 0) is 0 Å². The third-order valence-electron chi connectivity index (χ3n) is 2.83. The van der Waals surface area contributed by atoms with Gasteiger partial charge in [0.25, 0.3) is 0 Å². The Bertz CT molecular complexity index is 355. The van der Waals surface area contributed by atoms with Crippen molar-refractivity contribution in [3.8, 4) is 0 Å². The molecular weight excluding hydrogens is 230 g/mol. The van der Waals surface area contributed by atoms with E-state index in [0.29, 0.717) is 25.4 Å². The Hall–Kier alpha value is -1.07. The molecule has 1 aromatic rings. The molecule has 2 atom stereocenters. The number of aliphatic hydroxyl groups is 1. The number of nitrogens with zero attached hydrogens (tertiary/aromatic N) is 3. The van der Waals surface area contributed by atoms with Crippen LogP contribution in [-0.4, -0.2) is 50.5 Å². The van der Waals surface area contributed by atoms with Crippen LogP contribution in [0.4, 0.5) is 0 Å². The fraction of sp³-hybridized carbons (Fsp3) is 0.600. The average Bonchev–Trinajstić information content (AvgIpc) is 2.86. The zero-order valence-corrected chi connectivity index (χ0v) is 9.55. The molecule has 5 nitrogen and oxygen atoms in total. The maximum atomic E-state index is 11.6. The summed E-state index contributed by atoms with van der Waals surface area (Å²) < 4.78 is 1.83. The van der Waals surface area contributed by atoms with Gasteiger partial charge in [0, 0.05) is 37.8 Å². The summed E-state index contributed by atoms with van der Waals surface area (Å²) in [5.74, 6) is 0.318. The highest BCUT2D eigenvalue weighted by molar-refractivity contribution is 6.18. The Labute approximate surface area is 98.6 Å². The van der Waals surface area contributed by atoms with Crippen LogP contribution in [-0.2, 0) is 4.79 Å². The van der Waals surface area contributed by atoms with E-state index in [9.17, 15) is 9.90 Å². The van der Waals surface area contributed by atoms with Gasteiger partial charge in [0.2, 0.25) is 5.91 Å². The first-order valence-electron chi connectivity index (χ1n) is 5.21. The number of aliphatic hydroxyl groups excluding tert-OH is 1. The second-order valence-corrected chi connectivity index (χ2v) is 4.26. The summed E-state index contributed by atoms with van der Waals surface area (Å²) in [6.07, 6.45) is 4.90. The minimum Gasteiger partial charge on any atom is -0.389 e. The van der Waals surface area contributed by atoms with Crippen molar-refractivity contribution in [2.45, 2.75) is 18.6 Å². The molecule has 1 amide bonds. The molecule has 6 heteroatoms. The van der Waals surface area contributed by atoms with Crippen molar-refractivity contribution in [2.75, 3.05) is 19.0 Å². The smallest absolute Gasteiger partial charge is 0.223 e. The topological polar surface area (TPSA) is 58.4 Å². The number of likely N-dealkylation sites (tertiary alicyclic amines) is 1. The summed E-state index contributed by atoms with van der Waals surface area (Å²) in [6.45, 7) is 0.895. The largest absolute Gasteiger partial charge is 0.389 e. The number of carbonyl (C=O) groups is 1. The molecule has 88 valence electrons. The molecule has 1 aromatic heterocycles. The zero-order chi connectivity index (χ0) is 11.5. The second-order valence-electron chi connectivity index (χ2n) is 3.88. The molecular formula is C10H14ClN3O2. The predicted octanol–water partition coefficient (Wildman–Crippen LogP) is 0.256. The van der Waals surface area contributed by atoms with Crippen LogP contribution in [0.3, 0.4) is 0 Å². The van der Waals surface area contributed by atoms with Crippen LogP contribution in [0.1, 0.15) is 12.5 Å². The van der Waals surface area contributed by atoms with Gasteiger partial charge in [0.1, 0.15) is 0 Å². The van der Waals surface area contributed by atoms with Crippen LogP contribution in [0.25, 0.3) is 0 Å². The predicted molar refractivity (Wildman–Crippen MR) is 59.2 cm³/mol. The normalized spacial score (nSPS) is 25.0. The van der Waals surface area contributed by atoms with E-state index >= 15 is 0 Å². The van der Waals surface area contributed by atoms with E-state index < -0.39 is 6.10 Å². The van der Waals surface area contributed by atoms with Gasteiger partial charge in [0.15, 0.2) is 0 Å². The summed E-state index contributed by atoms with van der Waals surface area (Å²) in [5, 5.41) is 9.87. The molecule has 2 heterocycles. The highest BCUT2D eigenvalue weighted by Crippen LogP contribution is 2.22. The van der Waals surface area contributed by atoms with Crippen molar-refractivity contribution in [1.82, 2.24) is 14.5 Å². The van der Waals surface area contributed by atoms with Gasteiger partial charge in [-0.3, -0.25) is 4.79 Å². The second kappa shape index (κ2) is 4.84. The number of halogens is 1. The molecule has 0 spiro atoms. The summed E-state index contributed by atoms with van der Waals surface area (Å²) in [7, 11) is 0. The monoisotopic (exact) mass is 243 g/mol. The SMILES string of the molecule is O=C(CCCl)N1C[C@H](O)[C@@H](n2ccnc2)C1. The molecule has 0 radical (unpaired) electrons. The third kappa shape index (κ3) is 2.20. The fourth-order valence-electron chi connectivity index (χ4n) is 1.97. The van der Waals surface area contributed by atoms with Crippen molar-refractivity contribution in [2.24, 2.45) is 0 Å². The van der Waals surface area contributed by atoms with Crippen molar-refractivity contribution in [1.29, 1.82) is 0 Å². The Morgan fingerprint density at radius 3 is 3.00 bits per heavy atom. The zero-order valence-electron chi connectivity index (χ0n) is 8.79. The van der Waals surface area contributed by atoms with E-state index in [4.69, 9.17) is 11.6 Å². The minimum atomic E-state index is -0.534. The maximum Gasteiger partial charge on any atom is 0.223 e. The van der Waals surface area contributed by atoms with E-state index in [1.165, 1.54) is 0 Å². The lowest BCUT2D eigenvalue weighted by molar-refractivity contribution is -0.130. The van der Waals surface area contributed by atoms with E-state index in [1.807, 2.05) is 4.57 Å². The molecule has 1 fully saturated rings. The van der Waals surface area contributed by atoms with E-state index in [2.05, 4.69) is 4.98 Å². The molecule has 0 bridgehead atoms. The van der Waals surface area contributed by atoms with Gasteiger partial charge in [-0.2, -0.15) is 0 Å². The molecule has 0 unspecified atom stereocenters. The number of β-amino-alcohol motifs (C(OH)–C–C–N with tert-alkyl or cyclic N) is 1. The molecule has 0 aliphatic carbocycles. The van der Waals surface area contributed by atoms with Gasteiger partial charge in [-0.15, -0.1) is 11.6 Å². The Balaban J connectivity index is 2.02. The van der Waals surface area contributed by atoms with Crippen molar-refractivity contribution >= 4 is 17.5 Å². The standard InChI is InChI=1S/C10H14ClN3O2/c11-2-1-10(16)14-5-8(9(15)6-14)13-4-3-12-7-13/h3-4,7-9,15H,1-2,5-6H2/t8-,9-/m0/s1. The van der Waals surface area contributed by atoms with Gasteiger partial charge in [0.05, 0.1) is 18.5 Å². The van der Waals surface area contributed by atoms with Gasteiger partial charge in [-0.1, -0.05) is 0 Å². The summed E-state index contributed by atoms with van der Waals surface area (Å²) >= 11 is 5.52. The van der Waals surface area contributed by atoms with E-state index in [-0.39, 0.29) is 11.9 Å². The number of amides is 1. The number of aromatic nitrogens is 2. The first-order valence-corrected chi connectivity index (χ1v) is 5.75. The number of carbonyl (C=O) groups excluding carboxylic acids is 1. The van der Waals surface area contributed by atoms with Crippen LogP contribution in [0.15, 0.2) is 18.7 Å². The maximum absolute atomic E-state index is 11.6. The number of alkyl halides is 1. The van der Waals surface area contributed by atoms with E-state index in [1.54, 1.807) is 23.6 Å².